The highest BCUT2D eigenvalue weighted by atomic mass is 16.2. The smallest absolute Gasteiger partial charge is 0.312 e. The molecule has 1 unspecified atom stereocenters. The Bertz CT molecular complexity index is 478. The summed E-state index contributed by atoms with van der Waals surface area (Å²) < 4.78 is 2.48. The molecule has 0 aliphatic heterocycles. The van der Waals surface area contributed by atoms with E-state index in [1.807, 2.05) is 6.07 Å². The molecule has 0 aliphatic rings. The van der Waals surface area contributed by atoms with Crippen molar-refractivity contribution in [1.29, 1.82) is 5.26 Å². The predicted molar refractivity (Wildman–Crippen MR) is 50.7 cm³/mol. The Kier molecular flexibility index (Phi) is 2.87. The molecular formula is C9H11N3O2. The fourth-order valence-corrected chi connectivity index (χ4v) is 1.07. The van der Waals surface area contributed by atoms with Crippen molar-refractivity contribution >= 4 is 0 Å². The third-order valence-corrected chi connectivity index (χ3v) is 1.93. The summed E-state index contributed by atoms with van der Waals surface area (Å²) in [7, 11) is 1.52. The Balaban J connectivity index is 3.15. The zero-order valence-electron chi connectivity index (χ0n) is 8.10. The zero-order chi connectivity index (χ0) is 10.7. The second-order valence-corrected chi connectivity index (χ2v) is 3.20. The first-order valence-corrected chi connectivity index (χ1v) is 4.22. The topological polar surface area (TPSA) is 67.8 Å². The normalized spacial score (nSPS) is 12.1. The van der Waals surface area contributed by atoms with Gasteiger partial charge in [0.2, 0.25) is 0 Å². The second kappa shape index (κ2) is 3.92. The van der Waals surface area contributed by atoms with Crippen molar-refractivity contribution in [2.75, 3.05) is 0 Å². The van der Waals surface area contributed by atoms with Gasteiger partial charge in [0.05, 0.1) is 12.0 Å². The standard InChI is InChI=1S/C9H11N3O2/c1-7(5-10)6-12-4-3-11(2)8(13)9(12)14/h3-4,7H,6H2,1-2H3. The van der Waals surface area contributed by atoms with Gasteiger partial charge < -0.3 is 9.13 Å². The van der Waals surface area contributed by atoms with Gasteiger partial charge in [0.1, 0.15) is 0 Å². The van der Waals surface area contributed by atoms with Crippen LogP contribution >= 0.6 is 0 Å². The monoisotopic (exact) mass is 193 g/mol. The maximum absolute atomic E-state index is 11.4. The molecule has 0 N–H and O–H groups in total. The molecule has 1 aromatic rings. The molecule has 0 bridgehead atoms. The molecule has 1 heterocycles. The highest BCUT2D eigenvalue weighted by Crippen LogP contribution is 1.94. The van der Waals surface area contributed by atoms with Crippen LogP contribution in [0.4, 0.5) is 0 Å². The average molecular weight is 193 g/mol. The quantitative estimate of drug-likeness (QED) is 0.606. The molecule has 74 valence electrons. The number of rotatable bonds is 2. The van der Waals surface area contributed by atoms with E-state index < -0.39 is 11.1 Å². The lowest BCUT2D eigenvalue weighted by atomic mass is 10.2. The summed E-state index contributed by atoms with van der Waals surface area (Å²) in [6.45, 7) is 1.95. The summed E-state index contributed by atoms with van der Waals surface area (Å²) in [5.41, 5.74) is -1.16. The highest BCUT2D eigenvalue weighted by Gasteiger charge is 2.05. The number of hydrogen-bond acceptors (Lipinski definition) is 3. The van der Waals surface area contributed by atoms with Crippen molar-refractivity contribution < 1.29 is 0 Å². The van der Waals surface area contributed by atoms with Crippen LogP contribution in [0.15, 0.2) is 22.0 Å². The van der Waals surface area contributed by atoms with Crippen LogP contribution in [0.5, 0.6) is 0 Å². The Hall–Kier alpha value is -1.83. The van der Waals surface area contributed by atoms with E-state index >= 15 is 0 Å². The van der Waals surface area contributed by atoms with Crippen LogP contribution in [-0.4, -0.2) is 9.13 Å². The Morgan fingerprint density at radius 1 is 1.43 bits per heavy atom. The number of hydrogen-bond donors (Lipinski definition) is 0. The molecular weight excluding hydrogens is 182 g/mol. The van der Waals surface area contributed by atoms with Crippen LogP contribution in [0.25, 0.3) is 0 Å². The molecule has 1 aromatic heterocycles. The van der Waals surface area contributed by atoms with Crippen molar-refractivity contribution in [1.82, 2.24) is 9.13 Å². The van der Waals surface area contributed by atoms with Gasteiger partial charge in [-0.2, -0.15) is 5.26 Å². The second-order valence-electron chi connectivity index (χ2n) is 3.20. The van der Waals surface area contributed by atoms with Crippen LogP contribution < -0.4 is 11.1 Å². The minimum Gasteiger partial charge on any atom is -0.312 e. The van der Waals surface area contributed by atoms with E-state index in [1.165, 1.54) is 28.6 Å². The molecule has 5 nitrogen and oxygen atoms in total. The Morgan fingerprint density at radius 2 is 2.07 bits per heavy atom. The molecule has 1 rings (SSSR count). The van der Waals surface area contributed by atoms with E-state index in [2.05, 4.69) is 0 Å². The van der Waals surface area contributed by atoms with Crippen molar-refractivity contribution in [2.24, 2.45) is 13.0 Å². The van der Waals surface area contributed by atoms with Gasteiger partial charge in [0.15, 0.2) is 0 Å². The molecule has 1 atom stereocenters. The van der Waals surface area contributed by atoms with Gasteiger partial charge in [0.25, 0.3) is 0 Å². The first kappa shape index (κ1) is 10.3. The van der Waals surface area contributed by atoms with Crippen LogP contribution in [0.3, 0.4) is 0 Å². The summed E-state index contributed by atoms with van der Waals surface area (Å²) in [5, 5.41) is 8.56. The zero-order valence-corrected chi connectivity index (χ0v) is 8.10. The van der Waals surface area contributed by atoms with Gasteiger partial charge in [-0.1, -0.05) is 0 Å². The fourth-order valence-electron chi connectivity index (χ4n) is 1.07. The average Bonchev–Trinajstić information content (AvgIpc) is 2.19. The van der Waals surface area contributed by atoms with Crippen molar-refractivity contribution in [2.45, 2.75) is 13.5 Å². The molecule has 0 spiro atoms. The van der Waals surface area contributed by atoms with Gasteiger partial charge in [-0.05, 0) is 6.92 Å². The molecule has 0 saturated carbocycles. The fraction of sp³-hybridized carbons (Fsp3) is 0.444. The lowest BCUT2D eigenvalue weighted by molar-refractivity contribution is 0.549. The molecule has 0 aliphatic carbocycles. The lowest BCUT2D eigenvalue weighted by Crippen LogP contribution is -2.40. The first-order chi connectivity index (χ1) is 6.56. The number of aromatic nitrogens is 2. The molecule has 5 heteroatoms. The molecule has 0 amide bonds. The van der Waals surface area contributed by atoms with Gasteiger partial charge >= 0.3 is 11.1 Å². The summed E-state index contributed by atoms with van der Waals surface area (Å²) in [5.74, 6) is -0.278. The Morgan fingerprint density at radius 3 is 2.64 bits per heavy atom. The maximum Gasteiger partial charge on any atom is 0.316 e. The number of aryl methyl sites for hydroxylation is 1. The maximum atomic E-state index is 11.4. The van der Waals surface area contributed by atoms with E-state index in [0.717, 1.165) is 0 Å². The molecule has 0 saturated heterocycles. The van der Waals surface area contributed by atoms with Gasteiger partial charge in [-0.25, -0.2) is 0 Å². The number of nitrogens with zero attached hydrogens (tertiary/aromatic N) is 3. The van der Waals surface area contributed by atoms with E-state index in [4.69, 9.17) is 5.26 Å². The SMILES string of the molecule is CC(C#N)Cn1ccn(C)c(=O)c1=O. The van der Waals surface area contributed by atoms with Gasteiger partial charge in [0, 0.05) is 26.0 Å². The van der Waals surface area contributed by atoms with Crippen LogP contribution in [-0.2, 0) is 13.6 Å². The predicted octanol–water partition coefficient (Wildman–Crippen LogP) is -0.293. The molecule has 0 radical (unpaired) electrons. The third-order valence-electron chi connectivity index (χ3n) is 1.93. The minimum atomic E-state index is -0.586. The van der Waals surface area contributed by atoms with Crippen LogP contribution in [0.1, 0.15) is 6.92 Å². The molecule has 0 fully saturated rings. The van der Waals surface area contributed by atoms with Crippen molar-refractivity contribution in [3.05, 3.63) is 33.1 Å². The van der Waals surface area contributed by atoms with E-state index in [-0.39, 0.29) is 12.5 Å². The summed E-state index contributed by atoms with van der Waals surface area (Å²) >= 11 is 0. The van der Waals surface area contributed by atoms with Gasteiger partial charge in [-0.3, -0.25) is 9.59 Å². The highest BCUT2D eigenvalue weighted by molar-refractivity contribution is 4.87. The van der Waals surface area contributed by atoms with E-state index in [9.17, 15) is 9.59 Å². The van der Waals surface area contributed by atoms with Crippen molar-refractivity contribution in [3.8, 4) is 6.07 Å². The third kappa shape index (κ3) is 1.91. The summed E-state index contributed by atoms with van der Waals surface area (Å²) in [6, 6.07) is 2.01. The minimum absolute atomic E-state index is 0.255. The summed E-state index contributed by atoms with van der Waals surface area (Å²) in [6.07, 6.45) is 3.02. The molecule has 14 heavy (non-hydrogen) atoms. The lowest BCUT2D eigenvalue weighted by Gasteiger charge is -2.06. The molecule has 0 aromatic carbocycles. The first-order valence-electron chi connectivity index (χ1n) is 4.22. The largest absolute Gasteiger partial charge is 0.316 e. The Labute approximate surface area is 80.8 Å². The van der Waals surface area contributed by atoms with Gasteiger partial charge in [-0.15, -0.1) is 0 Å². The van der Waals surface area contributed by atoms with Crippen molar-refractivity contribution in [3.63, 3.8) is 0 Å². The van der Waals surface area contributed by atoms with Crippen LogP contribution in [0.2, 0.25) is 0 Å². The summed E-state index contributed by atoms with van der Waals surface area (Å²) in [4.78, 5) is 22.6. The van der Waals surface area contributed by atoms with E-state index in [0.29, 0.717) is 0 Å². The number of nitriles is 1. The van der Waals surface area contributed by atoms with E-state index in [1.54, 1.807) is 6.92 Å². The van der Waals surface area contributed by atoms with Crippen LogP contribution in [0, 0.1) is 17.2 Å².